The Morgan fingerprint density at radius 3 is 2.64 bits per heavy atom. The molecule has 0 radical (unpaired) electrons. The van der Waals surface area contributed by atoms with E-state index >= 15 is 0 Å². The van der Waals surface area contributed by atoms with Crippen molar-refractivity contribution < 1.29 is 4.79 Å². The van der Waals surface area contributed by atoms with Crippen LogP contribution in [0.2, 0.25) is 5.02 Å². The third-order valence-corrected chi connectivity index (χ3v) is 5.41. The summed E-state index contributed by atoms with van der Waals surface area (Å²) in [5, 5.41) is 5.78. The second kappa shape index (κ2) is 8.58. The molecule has 118 valence electrons. The number of hydrogen-bond acceptors (Lipinski definition) is 4. The van der Waals surface area contributed by atoms with E-state index in [1.807, 2.05) is 44.4 Å². The molecule has 6 heteroatoms. The first-order valence-corrected chi connectivity index (χ1v) is 9.15. The third-order valence-electron chi connectivity index (χ3n) is 3.17. The van der Waals surface area contributed by atoms with Crippen molar-refractivity contribution in [3.05, 3.63) is 51.7 Å². The monoisotopic (exact) mass is 354 g/mol. The van der Waals surface area contributed by atoms with E-state index in [-0.39, 0.29) is 11.9 Å². The summed E-state index contributed by atoms with van der Waals surface area (Å²) < 4.78 is 0. The molecule has 0 bridgehead atoms. The summed E-state index contributed by atoms with van der Waals surface area (Å²) in [5.74, 6) is 0.454. The minimum atomic E-state index is 0.0448. The fourth-order valence-corrected chi connectivity index (χ4v) is 3.74. The van der Waals surface area contributed by atoms with Crippen molar-refractivity contribution in [3.8, 4) is 0 Å². The summed E-state index contributed by atoms with van der Waals surface area (Å²) >= 11 is 9.07. The lowest BCUT2D eigenvalue weighted by atomic mass is 10.2. The number of likely N-dealkylation sites (N-methyl/N-ethyl adjacent to an activating group) is 1. The van der Waals surface area contributed by atoms with Gasteiger partial charge in [0.05, 0.1) is 11.8 Å². The highest BCUT2D eigenvalue weighted by Gasteiger charge is 2.16. The summed E-state index contributed by atoms with van der Waals surface area (Å²) in [7, 11) is 4.05. The number of thiophene rings is 1. The van der Waals surface area contributed by atoms with Gasteiger partial charge in [-0.2, -0.15) is 0 Å². The minimum absolute atomic E-state index is 0.0448. The van der Waals surface area contributed by atoms with E-state index in [1.54, 1.807) is 11.3 Å². The summed E-state index contributed by atoms with van der Waals surface area (Å²) in [4.78, 5) is 16.4. The van der Waals surface area contributed by atoms with Gasteiger partial charge in [-0.15, -0.1) is 23.1 Å². The highest BCUT2D eigenvalue weighted by Crippen LogP contribution is 2.23. The van der Waals surface area contributed by atoms with Crippen molar-refractivity contribution >= 4 is 40.6 Å². The smallest absolute Gasteiger partial charge is 0.230 e. The van der Waals surface area contributed by atoms with Crippen LogP contribution in [0.4, 0.5) is 0 Å². The van der Waals surface area contributed by atoms with Gasteiger partial charge in [-0.25, -0.2) is 0 Å². The first kappa shape index (κ1) is 17.3. The van der Waals surface area contributed by atoms with Crippen LogP contribution in [0.1, 0.15) is 10.9 Å². The Bertz CT molecular complexity index is 585. The number of halogens is 1. The van der Waals surface area contributed by atoms with Crippen LogP contribution >= 0.6 is 34.7 Å². The highest BCUT2D eigenvalue weighted by molar-refractivity contribution is 8.00. The predicted octanol–water partition coefficient (Wildman–Crippen LogP) is 3.91. The molecule has 2 rings (SSSR count). The van der Waals surface area contributed by atoms with Crippen LogP contribution in [0, 0.1) is 0 Å². The van der Waals surface area contributed by atoms with Crippen LogP contribution in [0.3, 0.4) is 0 Å². The molecule has 1 aromatic carbocycles. The van der Waals surface area contributed by atoms with Crippen molar-refractivity contribution in [2.45, 2.75) is 10.9 Å². The summed E-state index contributed by atoms with van der Waals surface area (Å²) in [5.41, 5.74) is 0. The molecule has 0 aliphatic carbocycles. The van der Waals surface area contributed by atoms with Crippen molar-refractivity contribution in [2.24, 2.45) is 0 Å². The number of amides is 1. The van der Waals surface area contributed by atoms with Crippen molar-refractivity contribution in [1.82, 2.24) is 10.2 Å². The van der Waals surface area contributed by atoms with Gasteiger partial charge in [0, 0.05) is 21.3 Å². The zero-order valence-electron chi connectivity index (χ0n) is 12.6. The molecule has 1 N–H and O–H groups in total. The topological polar surface area (TPSA) is 32.3 Å². The number of nitrogens with one attached hydrogen (secondary N) is 1. The Balaban J connectivity index is 1.80. The SMILES string of the molecule is CN(C)C(CNC(=O)CSc1ccc(Cl)cc1)c1cccs1. The van der Waals surface area contributed by atoms with Gasteiger partial charge >= 0.3 is 0 Å². The maximum atomic E-state index is 12.0. The molecule has 0 saturated heterocycles. The summed E-state index contributed by atoms with van der Waals surface area (Å²) in [6, 6.07) is 11.9. The fourth-order valence-electron chi connectivity index (χ4n) is 1.96. The molecule has 1 amide bonds. The standard InChI is InChI=1S/C16H19ClN2OS2/c1-19(2)14(15-4-3-9-21-15)10-18-16(20)11-22-13-7-5-12(17)6-8-13/h3-9,14H,10-11H2,1-2H3,(H,18,20). The van der Waals surface area contributed by atoms with Crippen LogP contribution in [0.5, 0.6) is 0 Å². The number of benzene rings is 1. The zero-order chi connectivity index (χ0) is 15.9. The number of rotatable bonds is 7. The summed E-state index contributed by atoms with van der Waals surface area (Å²) in [6.45, 7) is 0.619. The van der Waals surface area contributed by atoms with Gasteiger partial charge in [-0.3, -0.25) is 4.79 Å². The van der Waals surface area contributed by atoms with Gasteiger partial charge in [0.25, 0.3) is 0 Å². The van der Waals surface area contributed by atoms with E-state index in [9.17, 15) is 4.79 Å². The van der Waals surface area contributed by atoms with Gasteiger partial charge in [-0.1, -0.05) is 17.7 Å². The molecule has 0 aliphatic rings. The van der Waals surface area contributed by atoms with Gasteiger partial charge in [0.15, 0.2) is 0 Å². The molecule has 1 heterocycles. The number of hydrogen-bond donors (Lipinski definition) is 1. The molecular formula is C16H19ClN2OS2. The Labute approximate surface area is 144 Å². The number of carbonyl (C=O) groups is 1. The van der Waals surface area contributed by atoms with Gasteiger partial charge < -0.3 is 10.2 Å². The molecule has 0 saturated carbocycles. The van der Waals surface area contributed by atoms with E-state index < -0.39 is 0 Å². The fraction of sp³-hybridized carbons (Fsp3) is 0.312. The predicted molar refractivity (Wildman–Crippen MR) is 95.9 cm³/mol. The molecule has 1 aromatic heterocycles. The molecule has 0 spiro atoms. The zero-order valence-corrected chi connectivity index (χ0v) is 15.0. The highest BCUT2D eigenvalue weighted by atomic mass is 35.5. The third kappa shape index (κ3) is 5.32. The lowest BCUT2D eigenvalue weighted by molar-refractivity contribution is -0.118. The molecule has 3 nitrogen and oxygen atoms in total. The molecule has 0 aliphatic heterocycles. The average Bonchev–Trinajstić information content (AvgIpc) is 3.00. The number of carbonyl (C=O) groups excluding carboxylic acids is 1. The largest absolute Gasteiger partial charge is 0.353 e. The molecule has 2 aromatic rings. The first-order chi connectivity index (χ1) is 10.6. The molecule has 22 heavy (non-hydrogen) atoms. The van der Waals surface area contributed by atoms with Gasteiger partial charge in [0.2, 0.25) is 5.91 Å². The quantitative estimate of drug-likeness (QED) is 0.765. The van der Waals surface area contributed by atoms with E-state index in [1.165, 1.54) is 16.6 Å². The lowest BCUT2D eigenvalue weighted by Crippen LogP contribution is -2.35. The van der Waals surface area contributed by atoms with Crippen LogP contribution < -0.4 is 5.32 Å². The Morgan fingerprint density at radius 2 is 2.05 bits per heavy atom. The molecular weight excluding hydrogens is 336 g/mol. The second-order valence-electron chi connectivity index (χ2n) is 5.04. The van der Waals surface area contributed by atoms with E-state index in [0.29, 0.717) is 17.3 Å². The Kier molecular flexibility index (Phi) is 6.76. The molecule has 0 fully saturated rings. The Morgan fingerprint density at radius 1 is 1.32 bits per heavy atom. The second-order valence-corrected chi connectivity index (χ2v) is 7.51. The normalized spacial score (nSPS) is 12.4. The maximum Gasteiger partial charge on any atom is 0.230 e. The number of nitrogens with zero attached hydrogens (tertiary/aromatic N) is 1. The lowest BCUT2D eigenvalue weighted by Gasteiger charge is -2.23. The van der Waals surface area contributed by atoms with Crippen LogP contribution in [-0.4, -0.2) is 37.2 Å². The minimum Gasteiger partial charge on any atom is -0.353 e. The maximum absolute atomic E-state index is 12.0. The van der Waals surface area contributed by atoms with Crippen LogP contribution in [0.25, 0.3) is 0 Å². The van der Waals surface area contributed by atoms with Crippen LogP contribution in [0.15, 0.2) is 46.7 Å². The first-order valence-electron chi connectivity index (χ1n) is 6.91. The molecule has 1 atom stereocenters. The van der Waals surface area contributed by atoms with Crippen molar-refractivity contribution in [1.29, 1.82) is 0 Å². The van der Waals surface area contributed by atoms with E-state index in [4.69, 9.17) is 11.6 Å². The van der Waals surface area contributed by atoms with Gasteiger partial charge in [0.1, 0.15) is 0 Å². The van der Waals surface area contributed by atoms with E-state index in [2.05, 4.69) is 21.7 Å². The number of thioether (sulfide) groups is 1. The average molecular weight is 355 g/mol. The van der Waals surface area contributed by atoms with Crippen LogP contribution in [-0.2, 0) is 4.79 Å². The Hall–Kier alpha value is -1.01. The summed E-state index contributed by atoms with van der Waals surface area (Å²) in [6.07, 6.45) is 0. The molecule has 1 unspecified atom stereocenters. The van der Waals surface area contributed by atoms with Crippen molar-refractivity contribution in [2.75, 3.05) is 26.4 Å². The van der Waals surface area contributed by atoms with Gasteiger partial charge in [-0.05, 0) is 49.8 Å². The van der Waals surface area contributed by atoms with Crippen molar-refractivity contribution in [3.63, 3.8) is 0 Å². The van der Waals surface area contributed by atoms with E-state index in [0.717, 1.165) is 4.90 Å².